The summed E-state index contributed by atoms with van der Waals surface area (Å²) in [5.41, 5.74) is 1.14. The molecule has 0 aliphatic carbocycles. The first-order valence-electron chi connectivity index (χ1n) is 6.86. The molecule has 20 heavy (non-hydrogen) atoms. The fraction of sp³-hybridized carbons (Fsp3) is 0.571. The van der Waals surface area contributed by atoms with E-state index in [9.17, 15) is 8.76 Å². The van der Waals surface area contributed by atoms with Gasteiger partial charge in [-0.3, -0.25) is 0 Å². The van der Waals surface area contributed by atoms with Crippen LogP contribution in [0.2, 0.25) is 0 Å². The Balaban J connectivity index is 1.78. The van der Waals surface area contributed by atoms with E-state index in [2.05, 4.69) is 4.90 Å². The van der Waals surface area contributed by atoms with E-state index in [1.54, 1.807) is 11.4 Å². The SMILES string of the molecule is COc1ccc(N2CC3CCC(C2)N3[S+](C)(=O)[O-])cc1. The number of hydrogen-bond acceptors (Lipinski definition) is 4. The van der Waals surface area contributed by atoms with Gasteiger partial charge in [-0.05, 0) is 37.1 Å². The van der Waals surface area contributed by atoms with Crippen LogP contribution < -0.4 is 9.64 Å². The molecular weight excluding hydrogens is 276 g/mol. The van der Waals surface area contributed by atoms with Crippen LogP contribution in [-0.2, 0) is 14.6 Å². The Labute approximate surface area is 120 Å². The van der Waals surface area contributed by atoms with Gasteiger partial charge in [0, 0.05) is 18.8 Å². The molecule has 2 fully saturated rings. The molecule has 2 saturated heterocycles. The van der Waals surface area contributed by atoms with Crippen molar-refractivity contribution in [1.82, 2.24) is 4.31 Å². The maximum Gasteiger partial charge on any atom is 0.123 e. The summed E-state index contributed by atoms with van der Waals surface area (Å²) in [6, 6.07) is 8.19. The highest BCUT2D eigenvalue weighted by molar-refractivity contribution is 7.94. The molecule has 0 amide bonds. The van der Waals surface area contributed by atoms with Crippen LogP contribution in [0.4, 0.5) is 5.69 Å². The molecular formula is C14H20N2O3S. The van der Waals surface area contributed by atoms with Gasteiger partial charge in [0.25, 0.3) is 0 Å². The predicted molar refractivity (Wildman–Crippen MR) is 78.6 cm³/mol. The van der Waals surface area contributed by atoms with Gasteiger partial charge in [0.05, 0.1) is 19.2 Å². The van der Waals surface area contributed by atoms with Gasteiger partial charge in [-0.25, -0.2) is 0 Å². The third-order valence-electron chi connectivity index (χ3n) is 4.24. The number of benzene rings is 1. The van der Waals surface area contributed by atoms with Crippen LogP contribution in [0.3, 0.4) is 0 Å². The van der Waals surface area contributed by atoms with Crippen LogP contribution in [0.5, 0.6) is 5.75 Å². The van der Waals surface area contributed by atoms with Crippen molar-refractivity contribution in [3.8, 4) is 5.75 Å². The third-order valence-corrected chi connectivity index (χ3v) is 5.60. The van der Waals surface area contributed by atoms with Gasteiger partial charge in [0.1, 0.15) is 22.4 Å². The largest absolute Gasteiger partial charge is 0.598 e. The van der Waals surface area contributed by atoms with Crippen LogP contribution in [0.25, 0.3) is 0 Å². The molecule has 3 atom stereocenters. The molecule has 1 aromatic rings. The summed E-state index contributed by atoms with van der Waals surface area (Å²) in [4.78, 5) is 2.28. The van der Waals surface area contributed by atoms with E-state index >= 15 is 0 Å². The molecule has 0 radical (unpaired) electrons. The Morgan fingerprint density at radius 3 is 2.20 bits per heavy atom. The average molecular weight is 296 g/mol. The van der Waals surface area contributed by atoms with Gasteiger partial charge in [-0.2, -0.15) is 0 Å². The highest BCUT2D eigenvalue weighted by atomic mass is 32.3. The van der Waals surface area contributed by atoms with E-state index in [1.165, 1.54) is 6.26 Å². The first kappa shape index (κ1) is 13.9. The lowest BCUT2D eigenvalue weighted by Crippen LogP contribution is -2.57. The predicted octanol–water partition coefficient (Wildman–Crippen LogP) is 1.52. The van der Waals surface area contributed by atoms with Crippen molar-refractivity contribution < 1.29 is 13.5 Å². The van der Waals surface area contributed by atoms with Crippen LogP contribution >= 0.6 is 0 Å². The highest BCUT2D eigenvalue weighted by Crippen LogP contribution is 2.35. The zero-order valence-electron chi connectivity index (χ0n) is 11.8. The Morgan fingerprint density at radius 2 is 1.75 bits per heavy atom. The molecule has 0 aromatic heterocycles. The highest BCUT2D eigenvalue weighted by Gasteiger charge is 2.47. The van der Waals surface area contributed by atoms with E-state index in [4.69, 9.17) is 4.74 Å². The summed E-state index contributed by atoms with van der Waals surface area (Å²) in [5, 5.41) is 0. The Kier molecular flexibility index (Phi) is 3.48. The summed E-state index contributed by atoms with van der Waals surface area (Å²) in [7, 11) is -1.44. The third kappa shape index (κ3) is 2.43. The lowest BCUT2D eigenvalue weighted by atomic mass is 10.2. The second-order valence-corrected chi connectivity index (χ2v) is 7.47. The van der Waals surface area contributed by atoms with Crippen molar-refractivity contribution in [2.24, 2.45) is 0 Å². The Hall–Kier alpha value is -1.11. The van der Waals surface area contributed by atoms with Gasteiger partial charge in [0.15, 0.2) is 0 Å². The smallest absolute Gasteiger partial charge is 0.123 e. The van der Waals surface area contributed by atoms with E-state index in [0.29, 0.717) is 0 Å². The van der Waals surface area contributed by atoms with Gasteiger partial charge < -0.3 is 14.2 Å². The van der Waals surface area contributed by atoms with Crippen LogP contribution in [0.15, 0.2) is 24.3 Å². The minimum Gasteiger partial charge on any atom is -0.598 e. The number of rotatable bonds is 3. The van der Waals surface area contributed by atoms with Crippen molar-refractivity contribution in [2.75, 3.05) is 31.4 Å². The normalized spacial score (nSPS) is 29.2. The summed E-state index contributed by atoms with van der Waals surface area (Å²) in [6.45, 7) is 1.55. The lowest BCUT2D eigenvalue weighted by Gasteiger charge is -2.41. The molecule has 2 aliphatic rings. The zero-order chi connectivity index (χ0) is 14.3. The Bertz CT molecular complexity index is 514. The van der Waals surface area contributed by atoms with Gasteiger partial charge in [0.2, 0.25) is 0 Å². The zero-order valence-corrected chi connectivity index (χ0v) is 12.6. The molecule has 3 rings (SSSR count). The van der Waals surface area contributed by atoms with E-state index in [0.717, 1.165) is 37.4 Å². The second kappa shape index (κ2) is 5.02. The van der Waals surface area contributed by atoms with Gasteiger partial charge in [-0.1, -0.05) is 4.21 Å². The average Bonchev–Trinajstić information content (AvgIpc) is 2.71. The molecule has 0 spiro atoms. The summed E-state index contributed by atoms with van der Waals surface area (Å²) >= 11 is 0. The number of fused-ring (bicyclic) bond motifs is 2. The number of nitrogens with zero attached hydrogens (tertiary/aromatic N) is 2. The molecule has 0 saturated carbocycles. The van der Waals surface area contributed by atoms with Gasteiger partial charge in [-0.15, -0.1) is 4.31 Å². The van der Waals surface area contributed by atoms with Gasteiger partial charge >= 0.3 is 0 Å². The maximum atomic E-state index is 11.9. The molecule has 5 nitrogen and oxygen atoms in total. The van der Waals surface area contributed by atoms with E-state index in [-0.39, 0.29) is 12.1 Å². The first-order valence-corrected chi connectivity index (χ1v) is 8.71. The Morgan fingerprint density at radius 1 is 1.20 bits per heavy atom. The standard InChI is InChI=1S/C14H20N2O3S/c1-19-14-7-5-11(6-8-14)15-9-12-3-4-13(10-15)16(12)20(2,17)18/h5-8,12-13H,3-4,9-10H2,1-2H3. The second-order valence-electron chi connectivity index (χ2n) is 5.58. The first-order chi connectivity index (χ1) is 9.49. The summed E-state index contributed by atoms with van der Waals surface area (Å²) < 4.78 is 30.6. The molecule has 2 aliphatic heterocycles. The number of ether oxygens (including phenoxy) is 1. The molecule has 110 valence electrons. The molecule has 0 N–H and O–H groups in total. The van der Waals surface area contributed by atoms with E-state index in [1.807, 2.05) is 24.3 Å². The lowest BCUT2D eigenvalue weighted by molar-refractivity contribution is 0.263. The monoisotopic (exact) mass is 296 g/mol. The fourth-order valence-corrected chi connectivity index (χ4v) is 4.84. The topological polar surface area (TPSA) is 55.8 Å². The maximum absolute atomic E-state index is 11.9. The summed E-state index contributed by atoms with van der Waals surface area (Å²) in [6.07, 6.45) is 3.25. The van der Waals surface area contributed by atoms with Crippen LogP contribution in [-0.4, -0.2) is 47.4 Å². The number of hydrogen-bond donors (Lipinski definition) is 0. The molecule has 3 unspecified atom stereocenters. The number of anilines is 1. The number of methoxy groups -OCH3 is 1. The number of piperazine rings is 1. The van der Waals surface area contributed by atoms with Crippen molar-refractivity contribution >= 4 is 16.1 Å². The minimum atomic E-state index is -3.09. The fourth-order valence-electron chi connectivity index (χ4n) is 3.41. The quantitative estimate of drug-likeness (QED) is 0.794. The van der Waals surface area contributed by atoms with Crippen molar-refractivity contribution in [3.63, 3.8) is 0 Å². The minimum absolute atomic E-state index is 0.117. The van der Waals surface area contributed by atoms with Crippen molar-refractivity contribution in [1.29, 1.82) is 0 Å². The molecule has 6 heteroatoms. The van der Waals surface area contributed by atoms with E-state index < -0.39 is 10.4 Å². The van der Waals surface area contributed by atoms with Crippen LogP contribution in [0.1, 0.15) is 12.8 Å². The van der Waals surface area contributed by atoms with Crippen molar-refractivity contribution in [3.05, 3.63) is 24.3 Å². The molecule has 2 bridgehead atoms. The van der Waals surface area contributed by atoms with Crippen LogP contribution in [0, 0.1) is 0 Å². The number of sulfonamides is 1. The summed E-state index contributed by atoms with van der Waals surface area (Å²) in [5.74, 6) is 0.839. The van der Waals surface area contributed by atoms with Crippen molar-refractivity contribution in [2.45, 2.75) is 24.9 Å². The molecule has 2 heterocycles. The molecule has 1 aromatic carbocycles.